The smallest absolute Gasteiger partial charge is 0.183 e. The summed E-state index contributed by atoms with van der Waals surface area (Å²) in [6.45, 7) is 5.21. The van der Waals surface area contributed by atoms with Gasteiger partial charge in [0, 0.05) is 18.7 Å². The van der Waals surface area contributed by atoms with Crippen molar-refractivity contribution in [2.24, 2.45) is 0 Å². The number of ether oxygens (including phenoxy) is 1. The SMILES string of the molecule is CCC(Cc1ccccc1-c1ccccc1)(C(=O)c1ccccc1C(c1ccccc1)N1CCOCC1)N(C)C. The summed E-state index contributed by atoms with van der Waals surface area (Å²) in [5.74, 6) is 0.174. The van der Waals surface area contributed by atoms with Crippen LogP contribution < -0.4 is 0 Å². The van der Waals surface area contributed by atoms with Crippen molar-refractivity contribution in [1.82, 2.24) is 9.80 Å². The van der Waals surface area contributed by atoms with Crippen LogP contribution in [0, 0.1) is 0 Å². The fraction of sp³-hybridized carbons (Fsp3) is 0.306. The van der Waals surface area contributed by atoms with Gasteiger partial charge in [0.15, 0.2) is 5.78 Å². The first-order chi connectivity index (χ1) is 19.5. The van der Waals surface area contributed by atoms with Gasteiger partial charge >= 0.3 is 0 Å². The molecule has 0 saturated carbocycles. The number of rotatable bonds is 10. The highest BCUT2D eigenvalue weighted by Gasteiger charge is 2.42. The quantitative estimate of drug-likeness (QED) is 0.208. The van der Waals surface area contributed by atoms with Crippen LogP contribution in [0.25, 0.3) is 11.1 Å². The lowest BCUT2D eigenvalue weighted by Crippen LogP contribution is -2.53. The third-order valence-corrected chi connectivity index (χ3v) is 8.47. The average molecular weight is 533 g/mol. The summed E-state index contributed by atoms with van der Waals surface area (Å²) >= 11 is 0. The van der Waals surface area contributed by atoms with Crippen LogP contribution in [0.1, 0.15) is 46.4 Å². The molecule has 1 saturated heterocycles. The second-order valence-corrected chi connectivity index (χ2v) is 10.9. The van der Waals surface area contributed by atoms with Gasteiger partial charge in [0.1, 0.15) is 0 Å². The fourth-order valence-electron chi connectivity index (χ4n) is 6.18. The molecule has 1 fully saturated rings. The van der Waals surface area contributed by atoms with Crippen molar-refractivity contribution in [3.8, 4) is 11.1 Å². The molecule has 40 heavy (non-hydrogen) atoms. The van der Waals surface area contributed by atoms with E-state index < -0.39 is 5.54 Å². The highest BCUT2D eigenvalue weighted by molar-refractivity contribution is 6.05. The number of benzene rings is 4. The summed E-state index contributed by atoms with van der Waals surface area (Å²) in [6, 6.07) is 37.8. The summed E-state index contributed by atoms with van der Waals surface area (Å²) in [5.41, 5.74) is 5.90. The standard InChI is InChI=1S/C36H40N2O2/c1-4-36(37(2)3,27-30-19-11-12-20-31(30)28-15-7-5-8-16-28)35(39)33-22-14-13-21-32(33)34(29-17-9-6-10-18-29)38-23-25-40-26-24-38/h5-22,34H,4,23-27H2,1-3H3. The molecule has 0 N–H and O–H groups in total. The molecule has 4 aromatic rings. The Kier molecular flexibility index (Phi) is 8.91. The number of morpholine rings is 1. The van der Waals surface area contributed by atoms with E-state index in [0.717, 1.165) is 24.2 Å². The zero-order chi connectivity index (χ0) is 28.0. The molecule has 0 bridgehead atoms. The minimum absolute atomic E-state index is 0.0152. The Labute approximate surface area is 239 Å². The lowest BCUT2D eigenvalue weighted by Gasteiger charge is -2.40. The van der Waals surface area contributed by atoms with E-state index in [2.05, 4.69) is 108 Å². The average Bonchev–Trinajstić information content (AvgIpc) is 3.01. The van der Waals surface area contributed by atoms with E-state index in [1.807, 2.05) is 32.3 Å². The fourth-order valence-corrected chi connectivity index (χ4v) is 6.18. The third kappa shape index (κ3) is 5.66. The molecule has 1 aliphatic heterocycles. The maximum absolute atomic E-state index is 14.9. The van der Waals surface area contributed by atoms with Gasteiger partial charge in [-0.15, -0.1) is 0 Å². The van der Waals surface area contributed by atoms with Gasteiger partial charge in [-0.05, 0) is 54.8 Å². The number of Topliss-reactive ketones (excluding diaryl/α,β-unsaturated/α-hetero) is 1. The normalized spacial score (nSPS) is 16.4. The van der Waals surface area contributed by atoms with Crippen molar-refractivity contribution in [2.75, 3.05) is 40.4 Å². The molecule has 4 aromatic carbocycles. The van der Waals surface area contributed by atoms with Crippen LogP contribution in [-0.2, 0) is 11.2 Å². The van der Waals surface area contributed by atoms with Crippen molar-refractivity contribution in [1.29, 1.82) is 0 Å². The Morgan fingerprint density at radius 1 is 0.825 bits per heavy atom. The van der Waals surface area contributed by atoms with E-state index in [1.54, 1.807) is 0 Å². The number of hydrogen-bond donors (Lipinski definition) is 0. The van der Waals surface area contributed by atoms with E-state index in [4.69, 9.17) is 4.74 Å². The van der Waals surface area contributed by atoms with Gasteiger partial charge in [0.25, 0.3) is 0 Å². The van der Waals surface area contributed by atoms with Crippen LogP contribution in [0.4, 0.5) is 0 Å². The maximum atomic E-state index is 14.9. The molecular weight excluding hydrogens is 492 g/mol. The molecule has 1 aliphatic rings. The molecule has 206 valence electrons. The second-order valence-electron chi connectivity index (χ2n) is 10.9. The molecule has 0 aromatic heterocycles. The highest BCUT2D eigenvalue weighted by Crippen LogP contribution is 2.37. The molecular formula is C36H40N2O2. The minimum atomic E-state index is -0.701. The Morgan fingerprint density at radius 2 is 1.43 bits per heavy atom. The maximum Gasteiger partial charge on any atom is 0.183 e. The van der Waals surface area contributed by atoms with Crippen LogP contribution in [0.3, 0.4) is 0 Å². The zero-order valence-electron chi connectivity index (χ0n) is 23.9. The van der Waals surface area contributed by atoms with Gasteiger partial charge in [-0.1, -0.05) is 116 Å². The van der Waals surface area contributed by atoms with Crippen molar-refractivity contribution in [3.63, 3.8) is 0 Å². The molecule has 2 atom stereocenters. The lowest BCUT2D eigenvalue weighted by molar-refractivity contribution is 0.0237. The van der Waals surface area contributed by atoms with Gasteiger partial charge in [-0.2, -0.15) is 0 Å². The zero-order valence-corrected chi connectivity index (χ0v) is 23.9. The van der Waals surface area contributed by atoms with Crippen LogP contribution in [-0.4, -0.2) is 61.5 Å². The molecule has 0 amide bonds. The molecule has 0 spiro atoms. The van der Waals surface area contributed by atoms with Crippen LogP contribution in [0.2, 0.25) is 0 Å². The summed E-state index contributed by atoms with van der Waals surface area (Å²) in [7, 11) is 4.09. The number of likely N-dealkylation sites (N-methyl/N-ethyl adjacent to an activating group) is 1. The minimum Gasteiger partial charge on any atom is -0.379 e. The Hall–Kier alpha value is -3.57. The largest absolute Gasteiger partial charge is 0.379 e. The predicted molar refractivity (Wildman–Crippen MR) is 164 cm³/mol. The number of carbonyl (C=O) groups is 1. The third-order valence-electron chi connectivity index (χ3n) is 8.47. The van der Waals surface area contributed by atoms with Crippen molar-refractivity contribution >= 4 is 5.78 Å². The second kappa shape index (κ2) is 12.7. The van der Waals surface area contributed by atoms with Gasteiger partial charge in [-0.25, -0.2) is 0 Å². The summed E-state index contributed by atoms with van der Waals surface area (Å²) in [6.07, 6.45) is 1.33. The first-order valence-corrected chi connectivity index (χ1v) is 14.4. The monoisotopic (exact) mass is 532 g/mol. The topological polar surface area (TPSA) is 32.8 Å². The van der Waals surface area contributed by atoms with Crippen molar-refractivity contribution in [2.45, 2.75) is 31.3 Å². The Bertz CT molecular complexity index is 1400. The van der Waals surface area contributed by atoms with E-state index in [9.17, 15) is 4.79 Å². The number of carbonyl (C=O) groups excluding carboxylic acids is 1. The van der Waals surface area contributed by atoms with E-state index >= 15 is 0 Å². The van der Waals surface area contributed by atoms with Crippen LogP contribution in [0.5, 0.6) is 0 Å². The lowest BCUT2D eigenvalue weighted by atomic mass is 9.76. The van der Waals surface area contributed by atoms with Crippen molar-refractivity contribution in [3.05, 3.63) is 131 Å². The summed E-state index contributed by atoms with van der Waals surface area (Å²) in [5, 5.41) is 0. The van der Waals surface area contributed by atoms with Crippen LogP contribution >= 0.6 is 0 Å². The molecule has 4 nitrogen and oxygen atoms in total. The predicted octanol–water partition coefficient (Wildman–Crippen LogP) is 6.91. The van der Waals surface area contributed by atoms with E-state index in [1.165, 1.54) is 22.3 Å². The van der Waals surface area contributed by atoms with Crippen molar-refractivity contribution < 1.29 is 9.53 Å². The molecule has 4 heteroatoms. The summed E-state index contributed by atoms with van der Waals surface area (Å²) < 4.78 is 5.70. The van der Waals surface area contributed by atoms with E-state index in [-0.39, 0.29) is 11.8 Å². The number of nitrogens with zero attached hydrogens (tertiary/aromatic N) is 2. The Morgan fingerprint density at radius 3 is 2.10 bits per heavy atom. The number of ketones is 1. The number of hydrogen-bond acceptors (Lipinski definition) is 4. The molecule has 0 aliphatic carbocycles. The molecule has 0 radical (unpaired) electrons. The van der Waals surface area contributed by atoms with Gasteiger partial charge in [-0.3, -0.25) is 14.6 Å². The van der Waals surface area contributed by atoms with Gasteiger partial charge < -0.3 is 4.74 Å². The molecule has 2 unspecified atom stereocenters. The summed E-state index contributed by atoms with van der Waals surface area (Å²) in [4.78, 5) is 19.5. The first-order valence-electron chi connectivity index (χ1n) is 14.4. The first kappa shape index (κ1) is 28.0. The molecule has 5 rings (SSSR count). The highest BCUT2D eigenvalue weighted by atomic mass is 16.5. The van der Waals surface area contributed by atoms with Gasteiger partial charge in [0.2, 0.25) is 0 Å². The van der Waals surface area contributed by atoms with E-state index in [0.29, 0.717) is 26.1 Å². The molecule has 1 heterocycles. The Balaban J connectivity index is 1.60. The van der Waals surface area contributed by atoms with Crippen LogP contribution in [0.15, 0.2) is 109 Å². The van der Waals surface area contributed by atoms with Gasteiger partial charge in [0.05, 0.1) is 24.8 Å².